The van der Waals surface area contributed by atoms with Crippen molar-refractivity contribution in [2.75, 3.05) is 31.1 Å². The van der Waals surface area contributed by atoms with E-state index in [2.05, 4.69) is 16.0 Å². The van der Waals surface area contributed by atoms with Gasteiger partial charge in [-0.3, -0.25) is 4.79 Å². The molecule has 3 aliphatic rings. The molecule has 1 aliphatic carbocycles. The maximum atomic E-state index is 12.6. The Labute approximate surface area is 143 Å². The molecule has 2 saturated heterocycles. The second-order valence-electron chi connectivity index (χ2n) is 7.64. The molecule has 2 aliphatic heterocycles. The van der Waals surface area contributed by atoms with Gasteiger partial charge in [0.1, 0.15) is 11.6 Å². The first-order valence-corrected chi connectivity index (χ1v) is 9.24. The molecular formula is C18H27N5O. The first-order chi connectivity index (χ1) is 11.5. The predicted octanol–water partition coefficient (Wildman–Crippen LogP) is 1.58. The third kappa shape index (κ3) is 2.99. The van der Waals surface area contributed by atoms with Crippen LogP contribution in [0.2, 0.25) is 0 Å². The topological polar surface area (TPSA) is 75.3 Å². The molecule has 130 valence electrons. The molecule has 1 aromatic heterocycles. The van der Waals surface area contributed by atoms with Gasteiger partial charge in [0.05, 0.1) is 11.2 Å². The van der Waals surface area contributed by atoms with Crippen molar-refractivity contribution in [3.8, 4) is 0 Å². The molecule has 24 heavy (non-hydrogen) atoms. The van der Waals surface area contributed by atoms with Crippen LogP contribution >= 0.6 is 0 Å². The summed E-state index contributed by atoms with van der Waals surface area (Å²) < 4.78 is 0. The van der Waals surface area contributed by atoms with Gasteiger partial charge in [0.15, 0.2) is 0 Å². The minimum Gasteiger partial charge on any atom is -0.357 e. The van der Waals surface area contributed by atoms with Gasteiger partial charge in [-0.25, -0.2) is 9.97 Å². The van der Waals surface area contributed by atoms with Crippen LogP contribution in [0.1, 0.15) is 56.0 Å². The Morgan fingerprint density at radius 2 is 1.96 bits per heavy atom. The predicted molar refractivity (Wildman–Crippen MR) is 92.9 cm³/mol. The standard InChI is InChI=1S/C18H27N5O/c1-13-20-15(11-16(21-13)22-8-2-3-9-22)14-5-4-10-23(12-14)17(24)18(19)6-7-18/h11,14H,2-10,12,19H2,1H3/t14-/m1/s1. The van der Waals surface area contributed by atoms with Gasteiger partial charge in [0.25, 0.3) is 0 Å². The second kappa shape index (κ2) is 5.99. The lowest BCUT2D eigenvalue weighted by Crippen LogP contribution is -2.49. The van der Waals surface area contributed by atoms with E-state index in [1.807, 2.05) is 11.8 Å². The summed E-state index contributed by atoms with van der Waals surface area (Å²) in [5.41, 5.74) is 6.63. The molecule has 1 aromatic rings. The monoisotopic (exact) mass is 329 g/mol. The van der Waals surface area contributed by atoms with E-state index in [0.29, 0.717) is 5.92 Å². The van der Waals surface area contributed by atoms with Crippen molar-refractivity contribution in [2.24, 2.45) is 5.73 Å². The molecule has 4 rings (SSSR count). The molecule has 1 saturated carbocycles. The van der Waals surface area contributed by atoms with Gasteiger partial charge in [0.2, 0.25) is 5.91 Å². The average molecular weight is 329 g/mol. The smallest absolute Gasteiger partial charge is 0.242 e. The fraction of sp³-hybridized carbons (Fsp3) is 0.722. The van der Waals surface area contributed by atoms with Gasteiger partial charge < -0.3 is 15.5 Å². The number of piperidine rings is 1. The molecule has 1 atom stereocenters. The summed E-state index contributed by atoms with van der Waals surface area (Å²) in [6, 6.07) is 2.15. The molecule has 3 heterocycles. The highest BCUT2D eigenvalue weighted by Gasteiger charge is 2.48. The molecule has 2 N–H and O–H groups in total. The highest BCUT2D eigenvalue weighted by Crippen LogP contribution is 2.36. The summed E-state index contributed by atoms with van der Waals surface area (Å²) in [6.07, 6.45) is 6.24. The summed E-state index contributed by atoms with van der Waals surface area (Å²) in [4.78, 5) is 26.2. The van der Waals surface area contributed by atoms with Crippen LogP contribution in [-0.2, 0) is 4.79 Å². The number of amides is 1. The molecule has 3 fully saturated rings. The number of hydrogen-bond donors (Lipinski definition) is 1. The van der Waals surface area contributed by atoms with Crippen molar-refractivity contribution in [3.63, 3.8) is 0 Å². The van der Waals surface area contributed by atoms with Crippen molar-refractivity contribution in [1.29, 1.82) is 0 Å². The highest BCUT2D eigenvalue weighted by molar-refractivity contribution is 5.89. The number of carbonyl (C=O) groups is 1. The van der Waals surface area contributed by atoms with Crippen LogP contribution in [0.4, 0.5) is 5.82 Å². The molecule has 6 heteroatoms. The Morgan fingerprint density at radius 3 is 2.67 bits per heavy atom. The first kappa shape index (κ1) is 15.8. The average Bonchev–Trinajstić information content (AvgIpc) is 3.12. The quantitative estimate of drug-likeness (QED) is 0.911. The lowest BCUT2D eigenvalue weighted by Gasteiger charge is -2.34. The number of hydrogen-bond acceptors (Lipinski definition) is 5. The van der Waals surface area contributed by atoms with Gasteiger partial charge in [-0.2, -0.15) is 0 Å². The van der Waals surface area contributed by atoms with Crippen LogP contribution in [0.3, 0.4) is 0 Å². The van der Waals surface area contributed by atoms with Crippen LogP contribution in [0.15, 0.2) is 6.07 Å². The van der Waals surface area contributed by atoms with E-state index in [9.17, 15) is 4.79 Å². The molecule has 0 radical (unpaired) electrons. The van der Waals surface area contributed by atoms with E-state index in [-0.39, 0.29) is 5.91 Å². The molecule has 0 bridgehead atoms. The molecule has 0 spiro atoms. The summed E-state index contributed by atoms with van der Waals surface area (Å²) in [6.45, 7) is 5.71. The molecular weight excluding hydrogens is 302 g/mol. The Kier molecular flexibility index (Phi) is 3.95. The zero-order valence-corrected chi connectivity index (χ0v) is 14.5. The molecule has 0 unspecified atom stereocenters. The number of rotatable bonds is 3. The third-order valence-electron chi connectivity index (χ3n) is 5.62. The Balaban J connectivity index is 1.53. The van der Waals surface area contributed by atoms with E-state index in [1.165, 1.54) is 12.8 Å². The van der Waals surface area contributed by atoms with Crippen molar-refractivity contribution in [3.05, 3.63) is 17.6 Å². The van der Waals surface area contributed by atoms with Crippen molar-refractivity contribution in [2.45, 2.75) is 56.9 Å². The maximum Gasteiger partial charge on any atom is 0.242 e. The number of carbonyl (C=O) groups excluding carboxylic acids is 1. The summed E-state index contributed by atoms with van der Waals surface area (Å²) in [7, 11) is 0. The lowest BCUT2D eigenvalue weighted by atomic mass is 9.93. The van der Waals surface area contributed by atoms with Gasteiger partial charge in [0, 0.05) is 38.2 Å². The van der Waals surface area contributed by atoms with E-state index in [0.717, 1.165) is 69.2 Å². The summed E-state index contributed by atoms with van der Waals surface area (Å²) >= 11 is 0. The highest BCUT2D eigenvalue weighted by atomic mass is 16.2. The van der Waals surface area contributed by atoms with E-state index >= 15 is 0 Å². The molecule has 1 amide bonds. The van der Waals surface area contributed by atoms with Gasteiger partial charge in [-0.05, 0) is 45.4 Å². The zero-order valence-electron chi connectivity index (χ0n) is 14.5. The van der Waals surface area contributed by atoms with E-state index in [4.69, 9.17) is 10.7 Å². The minimum absolute atomic E-state index is 0.137. The minimum atomic E-state index is -0.565. The molecule has 6 nitrogen and oxygen atoms in total. The van der Waals surface area contributed by atoms with Crippen LogP contribution in [0.25, 0.3) is 0 Å². The molecule has 0 aromatic carbocycles. The lowest BCUT2D eigenvalue weighted by molar-refractivity contribution is -0.134. The van der Waals surface area contributed by atoms with Gasteiger partial charge in [-0.1, -0.05) is 0 Å². The third-order valence-corrected chi connectivity index (χ3v) is 5.62. The van der Waals surface area contributed by atoms with Gasteiger partial charge in [-0.15, -0.1) is 0 Å². The van der Waals surface area contributed by atoms with Crippen molar-refractivity contribution >= 4 is 11.7 Å². The van der Waals surface area contributed by atoms with Crippen molar-refractivity contribution < 1.29 is 4.79 Å². The number of likely N-dealkylation sites (tertiary alicyclic amines) is 1. The van der Waals surface area contributed by atoms with Gasteiger partial charge >= 0.3 is 0 Å². The van der Waals surface area contributed by atoms with Crippen LogP contribution in [-0.4, -0.2) is 52.5 Å². The second-order valence-corrected chi connectivity index (χ2v) is 7.64. The first-order valence-electron chi connectivity index (χ1n) is 9.24. The Hall–Kier alpha value is -1.69. The number of nitrogens with zero attached hydrogens (tertiary/aromatic N) is 4. The SMILES string of the molecule is Cc1nc([C@@H]2CCCN(C(=O)C3(N)CC3)C2)cc(N2CCCC2)n1. The fourth-order valence-corrected chi connectivity index (χ4v) is 3.96. The van der Waals surface area contributed by atoms with Crippen molar-refractivity contribution in [1.82, 2.24) is 14.9 Å². The largest absolute Gasteiger partial charge is 0.357 e. The fourth-order valence-electron chi connectivity index (χ4n) is 3.96. The summed E-state index contributed by atoms with van der Waals surface area (Å²) in [5, 5.41) is 0. The van der Waals surface area contributed by atoms with Crippen LogP contribution in [0, 0.1) is 6.92 Å². The van der Waals surface area contributed by atoms with Crippen LogP contribution < -0.4 is 10.6 Å². The van der Waals surface area contributed by atoms with E-state index in [1.54, 1.807) is 0 Å². The van der Waals surface area contributed by atoms with E-state index < -0.39 is 5.54 Å². The number of aromatic nitrogens is 2. The normalized spacial score (nSPS) is 25.8. The number of aryl methyl sites for hydroxylation is 1. The maximum absolute atomic E-state index is 12.6. The zero-order chi connectivity index (χ0) is 16.7. The number of nitrogens with two attached hydrogens (primary N) is 1. The summed E-state index contributed by atoms with van der Waals surface area (Å²) in [5.74, 6) is 2.32. The Morgan fingerprint density at radius 1 is 1.21 bits per heavy atom. The Bertz CT molecular complexity index is 636. The van der Waals surface area contributed by atoms with Crippen LogP contribution in [0.5, 0.6) is 0 Å². The number of anilines is 1.